The fourth-order valence-electron chi connectivity index (χ4n) is 0.796. The number of hydrogen-bond acceptors (Lipinski definition) is 2. The van der Waals surface area contributed by atoms with Crippen LogP contribution in [0.2, 0.25) is 0 Å². The summed E-state index contributed by atoms with van der Waals surface area (Å²) >= 11 is 24.6. The van der Waals surface area contributed by atoms with E-state index in [2.05, 4.69) is 33.7 Å². The minimum atomic E-state index is -3.22. The van der Waals surface area contributed by atoms with Gasteiger partial charge in [-0.2, -0.15) is 0 Å². The Kier molecular flexibility index (Phi) is 8.07. The third-order valence-electron chi connectivity index (χ3n) is 1.21. The smallest absolute Gasteiger partial charge is 0.289 e. The zero-order valence-electron chi connectivity index (χ0n) is 7.69. The van der Waals surface area contributed by atoms with Gasteiger partial charge in [-0.25, -0.2) is 0 Å². The molecule has 0 fully saturated rings. The van der Waals surface area contributed by atoms with Crippen molar-refractivity contribution in [3.8, 4) is 0 Å². The van der Waals surface area contributed by atoms with E-state index in [1.54, 1.807) is 0 Å². The maximum atomic E-state index is 10.9. The first-order valence-electron chi connectivity index (χ1n) is 3.79. The minimum absolute atomic E-state index is 0.247. The summed E-state index contributed by atoms with van der Waals surface area (Å²) in [5.41, 5.74) is 0.904. The average Bonchev–Trinajstić information content (AvgIpc) is 1.99. The molecule has 0 aliphatic heterocycles. The monoisotopic (exact) mass is 360 g/mol. The van der Waals surface area contributed by atoms with Crippen molar-refractivity contribution >= 4 is 67.3 Å². The lowest BCUT2D eigenvalue weighted by atomic mass is 10.2. The van der Waals surface area contributed by atoms with Crippen LogP contribution in [-0.4, -0.2) is 0 Å². The van der Waals surface area contributed by atoms with Crippen LogP contribution in [-0.2, 0) is 15.3 Å². The molecular weight excluding hydrogens is 355 g/mol. The summed E-state index contributed by atoms with van der Waals surface area (Å²) in [6, 6.07) is 9.29. The van der Waals surface area contributed by atoms with Gasteiger partial charge in [-0.15, -0.1) is 0 Å². The van der Waals surface area contributed by atoms with Crippen LogP contribution in [0.15, 0.2) is 30.3 Å². The fraction of sp³-hybridized carbons (Fsp3) is 0.143. The van der Waals surface area contributed by atoms with Crippen molar-refractivity contribution in [3.05, 3.63) is 35.9 Å². The summed E-state index contributed by atoms with van der Waals surface area (Å²) in [5, 5.41) is -3.22. The zero-order chi connectivity index (χ0) is 12.8. The molecule has 1 aromatic carbocycles. The third kappa shape index (κ3) is 15.1. The summed E-state index contributed by atoms with van der Waals surface area (Å²) in [6.45, 7) is 0. The maximum absolute atomic E-state index is 10.9. The second kappa shape index (κ2) is 7.54. The maximum Gasteiger partial charge on any atom is 0.339 e. The lowest BCUT2D eigenvalue weighted by Crippen LogP contribution is -1.77. The lowest BCUT2D eigenvalue weighted by molar-refractivity contribution is 0.592. The lowest BCUT2D eigenvalue weighted by Gasteiger charge is -2.00. The van der Waals surface area contributed by atoms with Crippen LogP contribution in [0.3, 0.4) is 0 Å². The van der Waals surface area contributed by atoms with Crippen molar-refractivity contribution in [2.24, 2.45) is 0 Å². The van der Waals surface area contributed by atoms with Crippen LogP contribution >= 0.6 is 67.3 Å². The SMILES string of the molecule is O=P(Cl)(Cl)Cc1ccccc1.O=P(Cl)(Cl)Cl. The van der Waals surface area contributed by atoms with E-state index in [4.69, 9.17) is 22.5 Å². The van der Waals surface area contributed by atoms with Crippen LogP contribution in [0.5, 0.6) is 0 Å². The first-order chi connectivity index (χ1) is 7.08. The van der Waals surface area contributed by atoms with Crippen molar-refractivity contribution in [3.63, 3.8) is 0 Å². The first-order valence-corrected chi connectivity index (χ1v) is 11.9. The molecule has 0 saturated carbocycles. The number of hydrogen-bond donors (Lipinski definition) is 0. The van der Waals surface area contributed by atoms with Gasteiger partial charge in [0.2, 0.25) is 0 Å². The van der Waals surface area contributed by atoms with E-state index in [9.17, 15) is 9.13 Å². The molecule has 0 heterocycles. The van der Waals surface area contributed by atoms with E-state index in [1.165, 1.54) is 0 Å². The molecule has 0 unspecified atom stereocenters. The summed E-state index contributed by atoms with van der Waals surface area (Å²) in [6.07, 6.45) is 0.247. The molecular formula is C7H7Cl5O2P2. The topological polar surface area (TPSA) is 34.1 Å². The van der Waals surface area contributed by atoms with Crippen molar-refractivity contribution in [1.29, 1.82) is 0 Å². The van der Waals surface area contributed by atoms with Gasteiger partial charge < -0.3 is 0 Å². The van der Waals surface area contributed by atoms with Gasteiger partial charge in [0, 0.05) is 0 Å². The third-order valence-corrected chi connectivity index (χ3v) is 2.66. The summed E-state index contributed by atoms with van der Waals surface area (Å²) in [4.78, 5) is 0. The van der Waals surface area contributed by atoms with E-state index in [-0.39, 0.29) is 6.16 Å². The molecule has 16 heavy (non-hydrogen) atoms. The second-order valence-electron chi connectivity index (χ2n) is 2.61. The Hall–Kier alpha value is 1.13. The molecule has 0 saturated heterocycles. The van der Waals surface area contributed by atoms with Gasteiger partial charge in [-0.1, -0.05) is 30.3 Å². The second-order valence-corrected chi connectivity index (χ2v) is 14.5. The number of halogens is 5. The molecule has 0 spiro atoms. The van der Waals surface area contributed by atoms with Gasteiger partial charge in [0.05, 0.1) is 6.16 Å². The highest BCUT2D eigenvalue weighted by Gasteiger charge is 2.13. The van der Waals surface area contributed by atoms with Crippen molar-refractivity contribution < 1.29 is 9.13 Å². The largest absolute Gasteiger partial charge is 0.339 e. The molecule has 0 aromatic heterocycles. The Balaban J connectivity index is 0.000000385. The highest BCUT2D eigenvalue weighted by atomic mass is 36.0. The van der Waals surface area contributed by atoms with Crippen LogP contribution in [0.25, 0.3) is 0 Å². The molecule has 0 N–H and O–H groups in total. The zero-order valence-corrected chi connectivity index (χ0v) is 13.3. The van der Waals surface area contributed by atoms with Crippen LogP contribution in [0.4, 0.5) is 0 Å². The highest BCUT2D eigenvalue weighted by Crippen LogP contribution is 2.61. The van der Waals surface area contributed by atoms with Gasteiger partial charge in [0.1, 0.15) is 0 Å². The quantitative estimate of drug-likeness (QED) is 0.551. The Bertz CT molecular complexity index is 390. The summed E-state index contributed by atoms with van der Waals surface area (Å²) in [5.74, 6) is -2.94. The standard InChI is InChI=1S/C7H7Cl2OP.Cl3OP/c8-11(9,10)6-7-4-2-1-3-5-7;1-5(2,3)4/h1-5H,6H2;. The summed E-state index contributed by atoms with van der Waals surface area (Å²) < 4.78 is 20.4. The molecule has 0 aliphatic carbocycles. The molecule has 1 aromatic rings. The van der Waals surface area contributed by atoms with Crippen LogP contribution in [0, 0.1) is 0 Å². The van der Waals surface area contributed by atoms with Crippen LogP contribution in [0.1, 0.15) is 5.56 Å². The van der Waals surface area contributed by atoms with Crippen molar-refractivity contribution in [2.45, 2.75) is 6.16 Å². The first kappa shape index (κ1) is 17.1. The van der Waals surface area contributed by atoms with E-state index in [0.717, 1.165) is 5.56 Å². The average molecular weight is 362 g/mol. The molecule has 9 heteroatoms. The molecule has 0 atom stereocenters. The molecule has 1 rings (SSSR count). The highest BCUT2D eigenvalue weighted by molar-refractivity contribution is 8.24. The molecule has 0 aliphatic rings. The van der Waals surface area contributed by atoms with Crippen LogP contribution < -0.4 is 0 Å². The summed E-state index contributed by atoms with van der Waals surface area (Å²) in [7, 11) is 0. The Labute approximate surface area is 118 Å². The van der Waals surface area contributed by atoms with Gasteiger partial charge in [-0.05, 0) is 61.8 Å². The molecule has 0 bridgehead atoms. The minimum Gasteiger partial charge on any atom is -0.289 e. The predicted molar refractivity (Wildman–Crippen MR) is 74.6 cm³/mol. The van der Waals surface area contributed by atoms with Gasteiger partial charge >= 0.3 is 5.20 Å². The van der Waals surface area contributed by atoms with Crippen molar-refractivity contribution in [2.75, 3.05) is 0 Å². The van der Waals surface area contributed by atoms with Crippen molar-refractivity contribution in [1.82, 2.24) is 0 Å². The Morgan fingerprint density at radius 1 is 0.875 bits per heavy atom. The molecule has 2 nitrogen and oxygen atoms in total. The molecule has 92 valence electrons. The Morgan fingerprint density at radius 2 is 1.25 bits per heavy atom. The normalized spacial score (nSPS) is 11.6. The molecule has 0 radical (unpaired) electrons. The van der Waals surface area contributed by atoms with Gasteiger partial charge in [0.25, 0.3) is 5.85 Å². The number of benzene rings is 1. The van der Waals surface area contributed by atoms with E-state index in [1.807, 2.05) is 30.3 Å². The van der Waals surface area contributed by atoms with Gasteiger partial charge in [-0.3, -0.25) is 9.13 Å². The Morgan fingerprint density at radius 3 is 1.56 bits per heavy atom. The number of rotatable bonds is 2. The fourth-order valence-corrected chi connectivity index (χ4v) is 2.26. The van der Waals surface area contributed by atoms with Gasteiger partial charge in [0.15, 0.2) is 0 Å². The van der Waals surface area contributed by atoms with E-state index >= 15 is 0 Å². The van der Waals surface area contributed by atoms with E-state index in [0.29, 0.717) is 0 Å². The molecule has 0 amide bonds. The predicted octanol–water partition coefficient (Wildman–Crippen LogP) is 6.67. The van der Waals surface area contributed by atoms with E-state index < -0.39 is 11.0 Å².